The molecule has 3 nitrogen and oxygen atoms in total. The number of hydrogen-bond acceptors (Lipinski definition) is 4. The lowest BCUT2D eigenvalue weighted by atomic mass is 10.2. The van der Waals surface area contributed by atoms with E-state index in [-0.39, 0.29) is 6.29 Å². The zero-order valence-corrected chi connectivity index (χ0v) is 13.1. The van der Waals surface area contributed by atoms with Gasteiger partial charge in [0, 0.05) is 6.92 Å². The van der Waals surface area contributed by atoms with E-state index in [0.29, 0.717) is 0 Å². The van der Waals surface area contributed by atoms with Gasteiger partial charge in [0.15, 0.2) is 11.5 Å². The van der Waals surface area contributed by atoms with E-state index in [4.69, 9.17) is 9.47 Å². The Kier molecular flexibility index (Phi) is 3.80. The molecular formula is C17H17NO2S. The molecule has 21 heavy (non-hydrogen) atoms. The summed E-state index contributed by atoms with van der Waals surface area (Å²) in [6.07, 6.45) is -0.133. The molecule has 0 amide bonds. The third-order valence-electron chi connectivity index (χ3n) is 3.17. The number of aromatic nitrogens is 1. The van der Waals surface area contributed by atoms with Crippen molar-refractivity contribution in [1.82, 2.24) is 4.98 Å². The highest BCUT2D eigenvalue weighted by Gasteiger charge is 2.18. The molecular weight excluding hydrogens is 282 g/mol. The highest BCUT2D eigenvalue weighted by Crippen LogP contribution is 2.34. The average Bonchev–Trinajstić information content (AvgIpc) is 3.03. The second-order valence-electron chi connectivity index (χ2n) is 5.08. The molecule has 0 saturated carbocycles. The summed E-state index contributed by atoms with van der Waals surface area (Å²) in [6.45, 7) is 6.02. The van der Waals surface area contributed by atoms with Gasteiger partial charge < -0.3 is 9.47 Å². The van der Waals surface area contributed by atoms with Crippen LogP contribution in [0.15, 0.2) is 41.9 Å². The Labute approximate surface area is 128 Å². The summed E-state index contributed by atoms with van der Waals surface area (Å²) in [5, 5.41) is 0. The first-order valence-electron chi connectivity index (χ1n) is 6.85. The van der Waals surface area contributed by atoms with E-state index in [1.54, 1.807) is 11.3 Å². The smallest absolute Gasteiger partial charge is 0.238 e. The normalized spacial score (nSPS) is 15.7. The van der Waals surface area contributed by atoms with Gasteiger partial charge in [0.25, 0.3) is 0 Å². The minimum Gasteiger partial charge on any atom is -0.451 e. The van der Waals surface area contributed by atoms with Crippen molar-refractivity contribution in [3.05, 3.63) is 53.0 Å². The number of hydrogen-bond donors (Lipinski definition) is 0. The van der Waals surface area contributed by atoms with E-state index in [9.17, 15) is 0 Å². The molecule has 0 fully saturated rings. The minimum atomic E-state index is -0.133. The fraction of sp³-hybridized carbons (Fsp3) is 0.235. The molecule has 1 unspecified atom stereocenters. The summed E-state index contributed by atoms with van der Waals surface area (Å²) in [7, 11) is 0. The number of aryl methyl sites for hydroxylation is 2. The van der Waals surface area contributed by atoms with Crippen molar-refractivity contribution >= 4 is 21.6 Å². The Morgan fingerprint density at radius 2 is 1.67 bits per heavy atom. The van der Waals surface area contributed by atoms with Gasteiger partial charge >= 0.3 is 0 Å². The maximum Gasteiger partial charge on any atom is 0.238 e. The van der Waals surface area contributed by atoms with Crippen molar-refractivity contribution in [3.63, 3.8) is 0 Å². The van der Waals surface area contributed by atoms with Crippen LogP contribution in [0.25, 0.3) is 10.2 Å². The molecule has 3 aromatic rings. The van der Waals surface area contributed by atoms with Crippen LogP contribution in [-0.4, -0.2) is 11.3 Å². The van der Waals surface area contributed by atoms with Crippen molar-refractivity contribution in [3.8, 4) is 11.5 Å². The standard InChI is InChI=1S/C9H10O2.C8H7NS/c1-6-3-4-8-9(5-6)11-7(2)10-8;1-6-2-3-7-8(4-6)10-5-9-7/h3-5,7H,1-2H3;2-5H,1H3. The van der Waals surface area contributed by atoms with Crippen LogP contribution in [0.2, 0.25) is 0 Å². The number of nitrogens with zero attached hydrogens (tertiary/aromatic N) is 1. The summed E-state index contributed by atoms with van der Waals surface area (Å²) in [4.78, 5) is 4.18. The van der Waals surface area contributed by atoms with E-state index in [1.165, 1.54) is 15.8 Å². The molecule has 0 N–H and O–H groups in total. The first-order valence-corrected chi connectivity index (χ1v) is 7.73. The van der Waals surface area contributed by atoms with Crippen LogP contribution in [0.5, 0.6) is 11.5 Å². The fourth-order valence-corrected chi connectivity index (χ4v) is 2.92. The second-order valence-corrected chi connectivity index (χ2v) is 5.96. The molecule has 0 saturated heterocycles. The Hall–Kier alpha value is -2.07. The topological polar surface area (TPSA) is 31.4 Å². The van der Waals surface area contributed by atoms with Crippen LogP contribution in [0.3, 0.4) is 0 Å². The lowest BCUT2D eigenvalue weighted by Crippen LogP contribution is -2.11. The molecule has 2 aromatic carbocycles. The van der Waals surface area contributed by atoms with Crippen LogP contribution in [0, 0.1) is 13.8 Å². The number of fused-ring (bicyclic) bond motifs is 2. The van der Waals surface area contributed by atoms with Crippen LogP contribution in [0.1, 0.15) is 18.1 Å². The molecule has 108 valence electrons. The summed E-state index contributed by atoms with van der Waals surface area (Å²) >= 11 is 1.69. The zero-order valence-electron chi connectivity index (χ0n) is 12.3. The van der Waals surface area contributed by atoms with Gasteiger partial charge in [-0.25, -0.2) is 4.98 Å². The van der Waals surface area contributed by atoms with Crippen LogP contribution in [0.4, 0.5) is 0 Å². The molecule has 1 aliphatic heterocycles. The van der Waals surface area contributed by atoms with Gasteiger partial charge in [0.2, 0.25) is 6.29 Å². The maximum absolute atomic E-state index is 5.37. The molecule has 0 bridgehead atoms. The summed E-state index contributed by atoms with van der Waals surface area (Å²) < 4.78 is 12.0. The maximum atomic E-state index is 5.37. The Morgan fingerprint density at radius 3 is 2.52 bits per heavy atom. The number of thiazole rings is 1. The van der Waals surface area contributed by atoms with E-state index in [2.05, 4.69) is 30.1 Å². The quantitative estimate of drug-likeness (QED) is 0.602. The van der Waals surface area contributed by atoms with Gasteiger partial charge in [-0.2, -0.15) is 0 Å². The van der Waals surface area contributed by atoms with E-state index in [0.717, 1.165) is 17.0 Å². The first-order chi connectivity index (χ1) is 10.1. The Bertz CT molecular complexity index is 766. The van der Waals surface area contributed by atoms with Crippen LogP contribution < -0.4 is 9.47 Å². The Morgan fingerprint density at radius 1 is 0.952 bits per heavy atom. The highest BCUT2D eigenvalue weighted by molar-refractivity contribution is 7.16. The van der Waals surface area contributed by atoms with Crippen molar-refractivity contribution in [2.45, 2.75) is 27.1 Å². The predicted octanol–water partition coefficient (Wildman–Crippen LogP) is 4.72. The fourth-order valence-electron chi connectivity index (χ4n) is 2.15. The van der Waals surface area contributed by atoms with Gasteiger partial charge in [-0.3, -0.25) is 0 Å². The van der Waals surface area contributed by atoms with Crippen LogP contribution >= 0.6 is 11.3 Å². The third kappa shape index (κ3) is 3.16. The van der Waals surface area contributed by atoms with Gasteiger partial charge in [-0.05, 0) is 49.2 Å². The molecule has 1 aliphatic rings. The van der Waals surface area contributed by atoms with E-state index < -0.39 is 0 Å². The SMILES string of the molecule is Cc1ccc2c(c1)OC(C)O2.Cc1ccc2ncsc2c1. The van der Waals surface area contributed by atoms with E-state index >= 15 is 0 Å². The summed E-state index contributed by atoms with van der Waals surface area (Å²) in [5.41, 5.74) is 5.48. The molecule has 4 heteroatoms. The van der Waals surface area contributed by atoms with Crippen molar-refractivity contribution in [2.75, 3.05) is 0 Å². The molecule has 0 spiro atoms. The predicted molar refractivity (Wildman–Crippen MR) is 86.3 cm³/mol. The van der Waals surface area contributed by atoms with Gasteiger partial charge in [0.05, 0.1) is 15.7 Å². The number of rotatable bonds is 0. The van der Waals surface area contributed by atoms with Gasteiger partial charge in [0.1, 0.15) is 0 Å². The summed E-state index contributed by atoms with van der Waals surface area (Å²) in [6, 6.07) is 12.2. The average molecular weight is 299 g/mol. The lowest BCUT2D eigenvalue weighted by molar-refractivity contribution is 0.0678. The monoisotopic (exact) mass is 299 g/mol. The molecule has 1 atom stereocenters. The Balaban J connectivity index is 0.000000126. The second kappa shape index (κ2) is 5.74. The molecule has 0 radical (unpaired) electrons. The van der Waals surface area contributed by atoms with Crippen molar-refractivity contribution in [2.24, 2.45) is 0 Å². The van der Waals surface area contributed by atoms with Crippen LogP contribution in [-0.2, 0) is 0 Å². The number of benzene rings is 2. The highest BCUT2D eigenvalue weighted by atomic mass is 32.1. The molecule has 0 aliphatic carbocycles. The minimum absolute atomic E-state index is 0.133. The first kappa shape index (κ1) is 13.9. The van der Waals surface area contributed by atoms with E-state index in [1.807, 2.05) is 37.6 Å². The zero-order chi connectivity index (χ0) is 14.8. The third-order valence-corrected chi connectivity index (χ3v) is 3.96. The molecule has 2 heterocycles. The van der Waals surface area contributed by atoms with Crippen molar-refractivity contribution < 1.29 is 9.47 Å². The summed E-state index contributed by atoms with van der Waals surface area (Å²) in [5.74, 6) is 1.71. The molecule has 4 rings (SSSR count). The lowest BCUT2D eigenvalue weighted by Gasteiger charge is -1.99. The number of ether oxygens (including phenoxy) is 2. The van der Waals surface area contributed by atoms with Gasteiger partial charge in [-0.1, -0.05) is 12.1 Å². The van der Waals surface area contributed by atoms with Crippen molar-refractivity contribution in [1.29, 1.82) is 0 Å². The molecule has 1 aromatic heterocycles. The largest absolute Gasteiger partial charge is 0.451 e. The van der Waals surface area contributed by atoms with Gasteiger partial charge in [-0.15, -0.1) is 11.3 Å².